The Morgan fingerprint density at radius 3 is 2.93 bits per heavy atom. The molecule has 0 atom stereocenters. The van der Waals surface area contributed by atoms with E-state index in [2.05, 4.69) is 4.98 Å². The fraction of sp³-hybridized carbons (Fsp3) is 0.182. The minimum absolute atomic E-state index is 0.231. The van der Waals surface area contributed by atoms with Crippen LogP contribution in [-0.4, -0.2) is 10.1 Å². The monoisotopic (exact) mass is 221 g/mol. The molecule has 0 aliphatic rings. The Morgan fingerprint density at radius 2 is 2.27 bits per heavy atom. The number of hydrogen-bond acceptors (Lipinski definition) is 4. The molecule has 0 amide bonds. The Balaban J connectivity index is 2.05. The predicted octanol–water partition coefficient (Wildman–Crippen LogP) is 2.74. The van der Waals surface area contributed by atoms with E-state index in [0.29, 0.717) is 12.4 Å². The second kappa shape index (κ2) is 4.31. The summed E-state index contributed by atoms with van der Waals surface area (Å²) in [4.78, 5) is 5.02. The molecule has 0 radical (unpaired) electrons. The number of aromatic nitrogens is 1. The van der Waals surface area contributed by atoms with Gasteiger partial charge in [-0.1, -0.05) is 0 Å². The smallest absolute Gasteiger partial charge is 0.124 e. The Kier molecular flexibility index (Phi) is 2.87. The second-order valence-corrected chi connectivity index (χ2v) is 4.23. The molecule has 2 rings (SSSR count). The fourth-order valence-electron chi connectivity index (χ4n) is 1.28. The van der Waals surface area contributed by atoms with Crippen LogP contribution in [0.1, 0.15) is 10.4 Å². The highest BCUT2D eigenvalue weighted by Crippen LogP contribution is 2.22. The molecule has 2 aromatic rings. The topological polar surface area (TPSA) is 42.4 Å². The summed E-state index contributed by atoms with van der Waals surface area (Å²) in [6.07, 6.45) is 1.78. The Labute approximate surface area is 92.0 Å². The number of aromatic hydroxyl groups is 1. The molecule has 0 unspecified atom stereocenters. The van der Waals surface area contributed by atoms with Gasteiger partial charge in [0.1, 0.15) is 18.1 Å². The van der Waals surface area contributed by atoms with Crippen molar-refractivity contribution in [3.8, 4) is 11.5 Å². The third-order valence-electron chi connectivity index (χ3n) is 1.90. The lowest BCUT2D eigenvalue weighted by Crippen LogP contribution is -1.93. The van der Waals surface area contributed by atoms with Crippen molar-refractivity contribution in [1.82, 2.24) is 4.98 Å². The number of nitrogens with zero attached hydrogens (tertiary/aromatic N) is 1. The largest absolute Gasteiger partial charge is 0.508 e. The van der Waals surface area contributed by atoms with Gasteiger partial charge in [-0.15, -0.1) is 11.3 Å². The van der Waals surface area contributed by atoms with Gasteiger partial charge in [0.2, 0.25) is 0 Å². The van der Waals surface area contributed by atoms with Crippen LogP contribution in [0.3, 0.4) is 0 Å². The van der Waals surface area contributed by atoms with Crippen molar-refractivity contribution in [2.45, 2.75) is 13.5 Å². The van der Waals surface area contributed by atoms with Crippen molar-refractivity contribution < 1.29 is 9.84 Å². The molecule has 15 heavy (non-hydrogen) atoms. The van der Waals surface area contributed by atoms with Crippen molar-refractivity contribution in [2.24, 2.45) is 0 Å². The van der Waals surface area contributed by atoms with E-state index in [-0.39, 0.29) is 5.75 Å². The van der Waals surface area contributed by atoms with Gasteiger partial charge in [-0.05, 0) is 24.6 Å². The van der Waals surface area contributed by atoms with E-state index >= 15 is 0 Å². The van der Waals surface area contributed by atoms with Crippen molar-refractivity contribution in [2.75, 3.05) is 0 Å². The van der Waals surface area contributed by atoms with Crippen LogP contribution in [0.15, 0.2) is 29.9 Å². The molecule has 0 aliphatic carbocycles. The molecule has 0 saturated carbocycles. The minimum Gasteiger partial charge on any atom is -0.508 e. The molecular weight excluding hydrogens is 210 g/mol. The number of phenolic OH excluding ortho intramolecular Hbond substituents is 1. The lowest BCUT2D eigenvalue weighted by molar-refractivity contribution is 0.307. The standard InChI is InChI=1S/C11H11NO2S/c1-8-2-9(13)4-10(3-8)14-6-11-5-12-7-15-11/h2-5,7,13H,6H2,1H3. The normalized spacial score (nSPS) is 10.2. The summed E-state index contributed by atoms with van der Waals surface area (Å²) < 4.78 is 5.52. The van der Waals surface area contributed by atoms with E-state index in [9.17, 15) is 5.11 Å². The lowest BCUT2D eigenvalue weighted by Gasteiger charge is -2.05. The molecule has 0 bridgehead atoms. The van der Waals surface area contributed by atoms with E-state index in [0.717, 1.165) is 10.4 Å². The van der Waals surface area contributed by atoms with Crippen molar-refractivity contribution in [3.63, 3.8) is 0 Å². The molecule has 1 aromatic heterocycles. The average molecular weight is 221 g/mol. The van der Waals surface area contributed by atoms with Crippen molar-refractivity contribution in [1.29, 1.82) is 0 Å². The Bertz CT molecular complexity index is 420. The summed E-state index contributed by atoms with van der Waals surface area (Å²) in [5.41, 5.74) is 2.75. The first kappa shape index (κ1) is 9.98. The van der Waals surface area contributed by atoms with Crippen LogP contribution in [0.2, 0.25) is 0 Å². The highest BCUT2D eigenvalue weighted by atomic mass is 32.1. The van der Waals surface area contributed by atoms with E-state index < -0.39 is 0 Å². The highest BCUT2D eigenvalue weighted by Gasteiger charge is 2.00. The molecule has 0 aliphatic heterocycles. The number of phenols is 1. The van der Waals surface area contributed by atoms with Gasteiger partial charge >= 0.3 is 0 Å². The quantitative estimate of drug-likeness (QED) is 0.866. The highest BCUT2D eigenvalue weighted by molar-refractivity contribution is 7.09. The maximum Gasteiger partial charge on any atom is 0.124 e. The number of ether oxygens (including phenoxy) is 1. The summed E-state index contributed by atoms with van der Waals surface area (Å²) in [5.74, 6) is 0.912. The Hall–Kier alpha value is -1.55. The van der Waals surface area contributed by atoms with Crippen LogP contribution in [-0.2, 0) is 6.61 Å². The number of rotatable bonds is 3. The van der Waals surface area contributed by atoms with E-state index in [1.165, 1.54) is 0 Å². The minimum atomic E-state index is 0.231. The summed E-state index contributed by atoms with van der Waals surface area (Å²) in [6.45, 7) is 2.41. The molecule has 0 spiro atoms. The first-order valence-corrected chi connectivity index (χ1v) is 5.43. The maximum atomic E-state index is 9.36. The zero-order valence-electron chi connectivity index (χ0n) is 8.30. The van der Waals surface area contributed by atoms with Gasteiger partial charge in [0.25, 0.3) is 0 Å². The first-order chi connectivity index (χ1) is 7.24. The molecule has 78 valence electrons. The predicted molar refractivity (Wildman–Crippen MR) is 59.3 cm³/mol. The zero-order chi connectivity index (χ0) is 10.7. The van der Waals surface area contributed by atoms with Gasteiger partial charge in [-0.2, -0.15) is 0 Å². The van der Waals surface area contributed by atoms with Gasteiger partial charge in [-0.3, -0.25) is 4.98 Å². The van der Waals surface area contributed by atoms with Crippen LogP contribution < -0.4 is 4.74 Å². The molecule has 1 heterocycles. The van der Waals surface area contributed by atoms with Gasteiger partial charge in [-0.25, -0.2) is 0 Å². The van der Waals surface area contributed by atoms with Crippen molar-refractivity contribution in [3.05, 3.63) is 40.3 Å². The molecule has 1 N–H and O–H groups in total. The number of aryl methyl sites for hydroxylation is 1. The van der Waals surface area contributed by atoms with E-state index in [4.69, 9.17) is 4.74 Å². The van der Waals surface area contributed by atoms with Gasteiger partial charge in [0.15, 0.2) is 0 Å². The summed E-state index contributed by atoms with van der Waals surface area (Å²) >= 11 is 1.55. The third kappa shape index (κ3) is 2.70. The number of thiazole rings is 1. The van der Waals surface area contributed by atoms with Crippen LogP contribution in [0, 0.1) is 6.92 Å². The molecule has 0 saturated heterocycles. The first-order valence-electron chi connectivity index (χ1n) is 4.55. The average Bonchev–Trinajstić information content (AvgIpc) is 2.65. The second-order valence-electron chi connectivity index (χ2n) is 3.26. The SMILES string of the molecule is Cc1cc(O)cc(OCc2cncs2)c1. The van der Waals surface area contributed by atoms with Gasteiger partial charge < -0.3 is 9.84 Å². The summed E-state index contributed by atoms with van der Waals surface area (Å²) in [7, 11) is 0. The van der Waals surface area contributed by atoms with Crippen LogP contribution in [0.5, 0.6) is 11.5 Å². The summed E-state index contributed by atoms with van der Waals surface area (Å²) in [5, 5.41) is 9.36. The number of hydrogen-bond donors (Lipinski definition) is 1. The van der Waals surface area contributed by atoms with Crippen LogP contribution >= 0.6 is 11.3 Å². The summed E-state index contributed by atoms with van der Waals surface area (Å²) in [6, 6.07) is 5.19. The molecular formula is C11H11NO2S. The zero-order valence-corrected chi connectivity index (χ0v) is 9.12. The fourth-order valence-corrected chi connectivity index (χ4v) is 1.79. The lowest BCUT2D eigenvalue weighted by atomic mass is 10.2. The Morgan fingerprint density at radius 1 is 1.40 bits per heavy atom. The van der Waals surface area contributed by atoms with E-state index in [1.54, 1.807) is 35.2 Å². The molecule has 0 fully saturated rings. The van der Waals surface area contributed by atoms with Crippen LogP contribution in [0.25, 0.3) is 0 Å². The third-order valence-corrected chi connectivity index (χ3v) is 2.65. The van der Waals surface area contributed by atoms with Crippen LogP contribution in [0.4, 0.5) is 0 Å². The van der Waals surface area contributed by atoms with Gasteiger partial charge in [0, 0.05) is 12.3 Å². The molecule has 3 nitrogen and oxygen atoms in total. The van der Waals surface area contributed by atoms with Gasteiger partial charge in [0.05, 0.1) is 10.4 Å². The van der Waals surface area contributed by atoms with Crippen molar-refractivity contribution >= 4 is 11.3 Å². The molecule has 1 aromatic carbocycles. The maximum absolute atomic E-state index is 9.36. The molecule has 4 heteroatoms. The number of benzene rings is 1. The van der Waals surface area contributed by atoms with E-state index in [1.807, 2.05) is 13.0 Å².